The molecule has 3 aliphatic rings. The van der Waals surface area contributed by atoms with Crippen molar-refractivity contribution in [3.63, 3.8) is 0 Å². The number of carbonyl (C=O) groups is 1. The van der Waals surface area contributed by atoms with Gasteiger partial charge in [0.1, 0.15) is 5.75 Å². The van der Waals surface area contributed by atoms with E-state index in [4.69, 9.17) is 4.74 Å². The highest BCUT2D eigenvalue weighted by Gasteiger charge is 2.40. The van der Waals surface area contributed by atoms with Gasteiger partial charge in [0, 0.05) is 36.5 Å². The minimum Gasteiger partial charge on any atom is -0.493 e. The van der Waals surface area contributed by atoms with Crippen LogP contribution < -0.4 is 4.74 Å². The number of benzene rings is 2. The monoisotopic (exact) mass is 361 g/mol. The van der Waals surface area contributed by atoms with Gasteiger partial charge in [-0.15, -0.1) is 0 Å². The maximum Gasteiger partial charge on any atom is 0.166 e. The van der Waals surface area contributed by atoms with Gasteiger partial charge < -0.3 is 4.74 Å². The van der Waals surface area contributed by atoms with E-state index < -0.39 is 0 Å². The topological polar surface area (TPSA) is 29.5 Å². The van der Waals surface area contributed by atoms with Gasteiger partial charge in [-0.2, -0.15) is 0 Å². The van der Waals surface area contributed by atoms with Crippen LogP contribution in [0.15, 0.2) is 48.5 Å². The molecule has 2 aromatic carbocycles. The molecule has 0 radical (unpaired) electrons. The second-order valence-electron chi connectivity index (χ2n) is 8.35. The van der Waals surface area contributed by atoms with Crippen LogP contribution in [0.5, 0.6) is 5.75 Å². The first kappa shape index (κ1) is 17.0. The second kappa shape index (κ2) is 7.12. The molecule has 0 spiro atoms. The number of nitrogens with zero attached hydrogens (tertiary/aromatic N) is 1. The van der Waals surface area contributed by atoms with E-state index in [0.717, 1.165) is 43.7 Å². The molecule has 27 heavy (non-hydrogen) atoms. The molecule has 2 fully saturated rings. The largest absolute Gasteiger partial charge is 0.493 e. The van der Waals surface area contributed by atoms with Crippen LogP contribution in [-0.4, -0.2) is 29.4 Å². The Hall–Kier alpha value is -2.13. The fraction of sp³-hybridized carbons (Fsp3) is 0.458. The molecule has 3 heteroatoms. The number of carbonyl (C=O) groups excluding carboxylic acids is 1. The van der Waals surface area contributed by atoms with E-state index in [-0.39, 0.29) is 5.92 Å². The van der Waals surface area contributed by atoms with Crippen LogP contribution in [0.3, 0.4) is 0 Å². The molecule has 2 unspecified atom stereocenters. The smallest absolute Gasteiger partial charge is 0.166 e. The van der Waals surface area contributed by atoms with E-state index in [0.29, 0.717) is 17.9 Å². The van der Waals surface area contributed by atoms with E-state index >= 15 is 0 Å². The fourth-order valence-corrected chi connectivity index (χ4v) is 5.32. The normalized spacial score (nSPS) is 27.0. The van der Waals surface area contributed by atoms with Crippen molar-refractivity contribution in [3.8, 4) is 5.75 Å². The Bertz CT molecular complexity index is 818. The summed E-state index contributed by atoms with van der Waals surface area (Å²) in [7, 11) is 0. The summed E-state index contributed by atoms with van der Waals surface area (Å²) in [6, 6.07) is 17.9. The fourth-order valence-electron chi connectivity index (χ4n) is 5.32. The molecule has 0 aromatic heterocycles. The first-order valence-corrected chi connectivity index (χ1v) is 10.4. The molecule has 0 aliphatic carbocycles. The van der Waals surface area contributed by atoms with Gasteiger partial charge in [0.2, 0.25) is 0 Å². The van der Waals surface area contributed by atoms with Crippen molar-refractivity contribution >= 4 is 5.78 Å². The maximum atomic E-state index is 13.2. The number of fused-ring (bicyclic) bond motifs is 3. The molecule has 5 rings (SSSR count). The molecular weight excluding hydrogens is 334 g/mol. The average Bonchev–Trinajstić information content (AvgIpc) is 3.16. The number of piperidine rings is 2. The number of hydrogen-bond acceptors (Lipinski definition) is 3. The zero-order chi connectivity index (χ0) is 18.2. The molecule has 2 bridgehead atoms. The highest BCUT2D eigenvalue weighted by atomic mass is 16.5. The van der Waals surface area contributed by atoms with Gasteiger partial charge in [-0.3, -0.25) is 9.69 Å². The molecular formula is C24H27NO2. The van der Waals surface area contributed by atoms with Crippen molar-refractivity contribution < 1.29 is 9.53 Å². The van der Waals surface area contributed by atoms with Gasteiger partial charge in [0.05, 0.1) is 6.61 Å². The van der Waals surface area contributed by atoms with Crippen molar-refractivity contribution in [1.82, 2.24) is 4.90 Å². The van der Waals surface area contributed by atoms with Crippen LogP contribution in [0.2, 0.25) is 0 Å². The second-order valence-corrected chi connectivity index (χ2v) is 8.35. The van der Waals surface area contributed by atoms with Crippen LogP contribution in [0.25, 0.3) is 0 Å². The summed E-state index contributed by atoms with van der Waals surface area (Å²) < 4.78 is 5.59. The number of ketones is 1. The predicted molar refractivity (Wildman–Crippen MR) is 106 cm³/mol. The van der Waals surface area contributed by atoms with Gasteiger partial charge in [0.15, 0.2) is 5.78 Å². The van der Waals surface area contributed by atoms with Gasteiger partial charge in [0.25, 0.3) is 0 Å². The summed E-state index contributed by atoms with van der Waals surface area (Å²) >= 11 is 0. The molecule has 3 nitrogen and oxygen atoms in total. The van der Waals surface area contributed by atoms with E-state index in [1.54, 1.807) is 0 Å². The Kier molecular flexibility index (Phi) is 4.48. The lowest BCUT2D eigenvalue weighted by Crippen LogP contribution is -2.52. The summed E-state index contributed by atoms with van der Waals surface area (Å²) in [6.45, 7) is 1.77. The average molecular weight is 361 g/mol. The lowest BCUT2D eigenvalue weighted by molar-refractivity contribution is 0.00906. The SMILES string of the molecule is O=C(c1ccc2c(c1)CCO2)C1CC2CCCC(C1)N2Cc1ccccc1. The number of ether oxygens (including phenoxy) is 1. The van der Waals surface area contributed by atoms with Gasteiger partial charge >= 0.3 is 0 Å². The molecule has 0 amide bonds. The number of hydrogen-bond donors (Lipinski definition) is 0. The standard InChI is InChI=1S/C24H27NO2/c26-24(19-9-10-23-18(13-19)11-12-27-23)20-14-21-7-4-8-22(15-20)25(21)16-17-5-2-1-3-6-17/h1-3,5-6,9-10,13,20-22H,4,7-8,11-12,14-16H2. The van der Waals surface area contributed by atoms with Crippen molar-refractivity contribution in [2.45, 2.75) is 57.2 Å². The van der Waals surface area contributed by atoms with E-state index in [2.05, 4.69) is 41.3 Å². The molecule has 0 saturated carbocycles. The van der Waals surface area contributed by atoms with Crippen molar-refractivity contribution in [3.05, 3.63) is 65.2 Å². The van der Waals surface area contributed by atoms with Gasteiger partial charge in [-0.05, 0) is 55.0 Å². The Morgan fingerprint density at radius 3 is 2.59 bits per heavy atom. The minimum absolute atomic E-state index is 0.174. The first-order chi connectivity index (χ1) is 13.3. The Labute approximate surface area is 161 Å². The van der Waals surface area contributed by atoms with Crippen LogP contribution in [0, 0.1) is 5.92 Å². The zero-order valence-electron chi connectivity index (χ0n) is 15.8. The number of rotatable bonds is 4. The lowest BCUT2D eigenvalue weighted by Gasteiger charge is -2.48. The summed E-state index contributed by atoms with van der Waals surface area (Å²) in [5, 5.41) is 0. The van der Waals surface area contributed by atoms with E-state index in [1.807, 2.05) is 12.1 Å². The molecule has 140 valence electrons. The third kappa shape index (κ3) is 3.29. The van der Waals surface area contributed by atoms with E-state index in [9.17, 15) is 4.79 Å². The summed E-state index contributed by atoms with van der Waals surface area (Å²) in [6.07, 6.45) is 6.71. The minimum atomic E-state index is 0.174. The molecule has 3 heterocycles. The van der Waals surface area contributed by atoms with Crippen LogP contribution in [0.4, 0.5) is 0 Å². The van der Waals surface area contributed by atoms with Gasteiger partial charge in [-0.1, -0.05) is 36.8 Å². The van der Waals surface area contributed by atoms with Crippen molar-refractivity contribution in [1.29, 1.82) is 0 Å². The zero-order valence-corrected chi connectivity index (χ0v) is 15.8. The quantitative estimate of drug-likeness (QED) is 0.743. The highest BCUT2D eigenvalue weighted by Crippen LogP contribution is 2.39. The van der Waals surface area contributed by atoms with Gasteiger partial charge in [-0.25, -0.2) is 0 Å². The summed E-state index contributed by atoms with van der Waals surface area (Å²) in [5.74, 6) is 1.48. The third-order valence-electron chi connectivity index (χ3n) is 6.68. The molecule has 2 saturated heterocycles. The van der Waals surface area contributed by atoms with E-state index in [1.165, 1.54) is 30.4 Å². The maximum absolute atomic E-state index is 13.2. The lowest BCUT2D eigenvalue weighted by atomic mass is 9.75. The first-order valence-electron chi connectivity index (χ1n) is 10.4. The highest BCUT2D eigenvalue weighted by molar-refractivity contribution is 5.98. The molecule has 0 N–H and O–H groups in total. The van der Waals surface area contributed by atoms with Crippen molar-refractivity contribution in [2.75, 3.05) is 6.61 Å². The van der Waals surface area contributed by atoms with Crippen molar-refractivity contribution in [2.24, 2.45) is 5.92 Å². The Morgan fingerprint density at radius 1 is 1.04 bits per heavy atom. The predicted octanol–water partition coefficient (Wildman–Crippen LogP) is 4.64. The summed E-state index contributed by atoms with van der Waals surface area (Å²) in [4.78, 5) is 15.9. The summed E-state index contributed by atoms with van der Waals surface area (Å²) in [5.41, 5.74) is 3.47. The van der Waals surface area contributed by atoms with Crippen LogP contribution >= 0.6 is 0 Å². The molecule has 3 aliphatic heterocycles. The Balaban J connectivity index is 1.32. The Morgan fingerprint density at radius 2 is 1.81 bits per heavy atom. The molecule has 2 atom stereocenters. The van der Waals surface area contributed by atoms with Crippen LogP contribution in [0.1, 0.15) is 53.6 Å². The third-order valence-corrected chi connectivity index (χ3v) is 6.68. The number of Topliss-reactive ketones (excluding diaryl/α,β-unsaturated/α-hetero) is 1. The molecule has 2 aromatic rings. The van der Waals surface area contributed by atoms with Crippen LogP contribution in [-0.2, 0) is 13.0 Å².